The zero-order valence-electron chi connectivity index (χ0n) is 9.90. The minimum absolute atomic E-state index is 0.176. The summed E-state index contributed by atoms with van der Waals surface area (Å²) >= 11 is 0. The summed E-state index contributed by atoms with van der Waals surface area (Å²) in [6.45, 7) is 6.51. The largest absolute Gasteiger partial charge is 0.381 e. The second-order valence-corrected chi connectivity index (χ2v) is 4.16. The average Bonchev–Trinajstić information content (AvgIpc) is 2.74. The highest BCUT2D eigenvalue weighted by atomic mass is 16.5. The van der Waals surface area contributed by atoms with Crippen molar-refractivity contribution < 1.29 is 9.26 Å². The zero-order chi connectivity index (χ0) is 11.4. The minimum Gasteiger partial charge on any atom is -0.381 e. The highest BCUT2D eigenvalue weighted by molar-refractivity contribution is 4.95. The standard InChI is InChI=1S/C11H19N3O2/c1-3-12-10(9-4-6-15-7-5-9)11-13-8(2)14-16-11/h9-10,12H,3-7H2,1-2H3. The van der Waals surface area contributed by atoms with Crippen LogP contribution >= 0.6 is 0 Å². The Morgan fingerprint density at radius 1 is 1.44 bits per heavy atom. The van der Waals surface area contributed by atoms with Crippen molar-refractivity contribution in [2.24, 2.45) is 5.92 Å². The van der Waals surface area contributed by atoms with E-state index in [4.69, 9.17) is 9.26 Å². The van der Waals surface area contributed by atoms with Crippen LogP contribution < -0.4 is 5.32 Å². The maximum absolute atomic E-state index is 5.37. The molecule has 16 heavy (non-hydrogen) atoms. The predicted octanol–water partition coefficient (Wildman–Crippen LogP) is 1.46. The zero-order valence-corrected chi connectivity index (χ0v) is 9.90. The first kappa shape index (κ1) is 11.5. The first-order chi connectivity index (χ1) is 7.81. The lowest BCUT2D eigenvalue weighted by atomic mass is 9.91. The molecule has 1 saturated heterocycles. The van der Waals surface area contributed by atoms with Crippen LogP contribution in [0.3, 0.4) is 0 Å². The first-order valence-electron chi connectivity index (χ1n) is 5.92. The summed E-state index contributed by atoms with van der Waals surface area (Å²) in [5, 5.41) is 7.29. The summed E-state index contributed by atoms with van der Waals surface area (Å²) in [7, 11) is 0. The number of aromatic nitrogens is 2. The van der Waals surface area contributed by atoms with Gasteiger partial charge in [-0.25, -0.2) is 0 Å². The fourth-order valence-corrected chi connectivity index (χ4v) is 2.16. The van der Waals surface area contributed by atoms with Crippen molar-refractivity contribution in [3.05, 3.63) is 11.7 Å². The topological polar surface area (TPSA) is 60.2 Å². The first-order valence-corrected chi connectivity index (χ1v) is 5.92. The van der Waals surface area contributed by atoms with E-state index in [1.807, 2.05) is 6.92 Å². The fourth-order valence-electron chi connectivity index (χ4n) is 2.16. The average molecular weight is 225 g/mol. The molecule has 1 aliphatic rings. The highest BCUT2D eigenvalue weighted by Crippen LogP contribution is 2.28. The maximum atomic E-state index is 5.37. The van der Waals surface area contributed by atoms with Crippen LogP contribution in [0.5, 0.6) is 0 Å². The predicted molar refractivity (Wildman–Crippen MR) is 59.0 cm³/mol. The number of nitrogens with zero attached hydrogens (tertiary/aromatic N) is 2. The monoisotopic (exact) mass is 225 g/mol. The van der Waals surface area contributed by atoms with Crippen molar-refractivity contribution in [1.29, 1.82) is 0 Å². The molecule has 5 nitrogen and oxygen atoms in total. The van der Waals surface area contributed by atoms with E-state index in [1.165, 1.54) is 0 Å². The fraction of sp³-hybridized carbons (Fsp3) is 0.818. The van der Waals surface area contributed by atoms with Gasteiger partial charge in [0.1, 0.15) is 0 Å². The van der Waals surface area contributed by atoms with Crippen molar-refractivity contribution >= 4 is 0 Å². The van der Waals surface area contributed by atoms with Gasteiger partial charge in [0.05, 0.1) is 6.04 Å². The molecule has 5 heteroatoms. The molecule has 0 aromatic carbocycles. The van der Waals surface area contributed by atoms with Gasteiger partial charge in [0.15, 0.2) is 5.82 Å². The summed E-state index contributed by atoms with van der Waals surface area (Å²) in [5.74, 6) is 1.95. The maximum Gasteiger partial charge on any atom is 0.244 e. The van der Waals surface area contributed by atoms with E-state index in [0.29, 0.717) is 17.6 Å². The lowest BCUT2D eigenvalue weighted by Crippen LogP contribution is -2.32. The Bertz CT molecular complexity index is 321. The van der Waals surface area contributed by atoms with Crippen molar-refractivity contribution in [3.63, 3.8) is 0 Å². The lowest BCUT2D eigenvalue weighted by molar-refractivity contribution is 0.0491. The van der Waals surface area contributed by atoms with Gasteiger partial charge in [0.25, 0.3) is 0 Å². The van der Waals surface area contributed by atoms with E-state index in [2.05, 4.69) is 22.4 Å². The van der Waals surface area contributed by atoms with Gasteiger partial charge < -0.3 is 14.6 Å². The molecule has 0 bridgehead atoms. The van der Waals surface area contributed by atoms with Crippen molar-refractivity contribution in [2.75, 3.05) is 19.8 Å². The van der Waals surface area contributed by atoms with Crippen LogP contribution in [-0.2, 0) is 4.74 Å². The van der Waals surface area contributed by atoms with Crippen LogP contribution in [0.1, 0.15) is 37.5 Å². The van der Waals surface area contributed by atoms with Gasteiger partial charge in [-0.05, 0) is 32.2 Å². The summed E-state index contributed by atoms with van der Waals surface area (Å²) in [5.41, 5.74) is 0. The second kappa shape index (κ2) is 5.41. The Balaban J connectivity index is 2.09. The number of hydrogen-bond donors (Lipinski definition) is 1. The quantitative estimate of drug-likeness (QED) is 0.840. The molecule has 1 fully saturated rings. The molecule has 0 saturated carbocycles. The van der Waals surface area contributed by atoms with Gasteiger partial charge >= 0.3 is 0 Å². The van der Waals surface area contributed by atoms with Gasteiger partial charge in [-0.3, -0.25) is 0 Å². The molecule has 0 aliphatic carbocycles. The Morgan fingerprint density at radius 2 is 2.19 bits per heavy atom. The van der Waals surface area contributed by atoms with Crippen LogP contribution in [-0.4, -0.2) is 29.9 Å². The van der Waals surface area contributed by atoms with Gasteiger partial charge in [-0.2, -0.15) is 4.98 Å². The highest BCUT2D eigenvalue weighted by Gasteiger charge is 2.28. The van der Waals surface area contributed by atoms with Gasteiger partial charge in [-0.15, -0.1) is 0 Å². The molecule has 1 aliphatic heterocycles. The summed E-state index contributed by atoms with van der Waals surface area (Å²) in [4.78, 5) is 4.32. The Morgan fingerprint density at radius 3 is 2.75 bits per heavy atom. The molecule has 90 valence electrons. The summed E-state index contributed by atoms with van der Waals surface area (Å²) in [6, 6.07) is 0.176. The normalized spacial score (nSPS) is 19.9. The number of ether oxygens (including phenoxy) is 1. The number of aryl methyl sites for hydroxylation is 1. The number of nitrogens with one attached hydrogen (secondary N) is 1. The Labute approximate surface area is 95.6 Å². The van der Waals surface area contributed by atoms with Gasteiger partial charge in [-0.1, -0.05) is 12.1 Å². The van der Waals surface area contributed by atoms with Crippen molar-refractivity contribution in [3.8, 4) is 0 Å². The van der Waals surface area contributed by atoms with Crippen molar-refractivity contribution in [2.45, 2.75) is 32.7 Å². The minimum atomic E-state index is 0.176. The van der Waals surface area contributed by atoms with Crippen LogP contribution in [0.2, 0.25) is 0 Å². The third kappa shape index (κ3) is 2.59. The molecule has 1 aromatic rings. The van der Waals surface area contributed by atoms with E-state index < -0.39 is 0 Å². The van der Waals surface area contributed by atoms with Crippen LogP contribution in [0.4, 0.5) is 0 Å². The molecule has 2 heterocycles. The molecular formula is C11H19N3O2. The molecule has 1 aromatic heterocycles. The molecular weight excluding hydrogens is 206 g/mol. The molecule has 1 N–H and O–H groups in total. The Kier molecular flexibility index (Phi) is 3.90. The van der Waals surface area contributed by atoms with Gasteiger partial charge in [0.2, 0.25) is 5.89 Å². The molecule has 0 radical (unpaired) electrons. The van der Waals surface area contributed by atoms with E-state index in [9.17, 15) is 0 Å². The lowest BCUT2D eigenvalue weighted by Gasteiger charge is -2.28. The number of hydrogen-bond acceptors (Lipinski definition) is 5. The second-order valence-electron chi connectivity index (χ2n) is 4.16. The smallest absolute Gasteiger partial charge is 0.244 e. The van der Waals surface area contributed by atoms with Crippen LogP contribution in [0, 0.1) is 12.8 Å². The van der Waals surface area contributed by atoms with E-state index in [0.717, 1.165) is 32.6 Å². The molecule has 0 amide bonds. The van der Waals surface area contributed by atoms with Crippen LogP contribution in [0.15, 0.2) is 4.52 Å². The molecule has 1 atom stereocenters. The van der Waals surface area contributed by atoms with E-state index >= 15 is 0 Å². The SMILES string of the molecule is CCNC(c1nc(C)no1)C1CCOCC1. The molecule has 0 spiro atoms. The number of rotatable bonds is 4. The van der Waals surface area contributed by atoms with Crippen molar-refractivity contribution in [1.82, 2.24) is 15.5 Å². The third-order valence-electron chi connectivity index (χ3n) is 2.97. The molecule has 1 unspecified atom stereocenters. The third-order valence-corrected chi connectivity index (χ3v) is 2.97. The molecule has 2 rings (SSSR count). The summed E-state index contributed by atoms with van der Waals surface area (Å²) in [6.07, 6.45) is 2.11. The summed E-state index contributed by atoms with van der Waals surface area (Å²) < 4.78 is 10.6. The Hall–Kier alpha value is -0.940. The van der Waals surface area contributed by atoms with Crippen LogP contribution in [0.25, 0.3) is 0 Å². The van der Waals surface area contributed by atoms with Gasteiger partial charge in [0, 0.05) is 13.2 Å². The van der Waals surface area contributed by atoms with E-state index in [1.54, 1.807) is 0 Å². The van der Waals surface area contributed by atoms with E-state index in [-0.39, 0.29) is 6.04 Å².